The normalized spacial score (nSPS) is 21.4. The predicted octanol–water partition coefficient (Wildman–Crippen LogP) is 1.19. The van der Waals surface area contributed by atoms with Gasteiger partial charge < -0.3 is 15.4 Å². The van der Waals surface area contributed by atoms with Crippen molar-refractivity contribution in [2.24, 2.45) is 0 Å². The van der Waals surface area contributed by atoms with Crippen LogP contribution in [0.1, 0.15) is 6.42 Å². The summed E-state index contributed by atoms with van der Waals surface area (Å²) in [7, 11) is 1.67. The molecule has 1 aliphatic rings. The second-order valence-corrected chi connectivity index (χ2v) is 5.04. The number of ether oxygens (including phenoxy) is 1. The zero-order chi connectivity index (χ0) is 14.7. The van der Waals surface area contributed by atoms with Gasteiger partial charge in [0.05, 0.1) is 17.8 Å². The van der Waals surface area contributed by atoms with Crippen molar-refractivity contribution in [1.82, 2.24) is 15.1 Å². The van der Waals surface area contributed by atoms with Gasteiger partial charge in [-0.15, -0.1) is 0 Å². The maximum atomic E-state index is 12.2. The lowest BCUT2D eigenvalue weighted by Gasteiger charge is -2.12. The van der Waals surface area contributed by atoms with Gasteiger partial charge in [0.25, 0.3) is 0 Å². The zero-order valence-electron chi connectivity index (χ0n) is 11.8. The maximum absolute atomic E-state index is 12.2. The van der Waals surface area contributed by atoms with Crippen LogP contribution >= 0.6 is 0 Å². The molecule has 0 spiro atoms. The lowest BCUT2D eigenvalue weighted by molar-refractivity contribution is -0.118. The first-order chi connectivity index (χ1) is 10.3. The Morgan fingerprint density at radius 2 is 2.38 bits per heavy atom. The number of nitrogens with zero attached hydrogens (tertiary/aromatic N) is 2. The summed E-state index contributed by atoms with van der Waals surface area (Å²) >= 11 is 0. The summed E-state index contributed by atoms with van der Waals surface area (Å²) in [5, 5.41) is 10.3. The highest BCUT2D eigenvalue weighted by molar-refractivity contribution is 5.95. The highest BCUT2D eigenvalue weighted by atomic mass is 16.5. The second-order valence-electron chi connectivity index (χ2n) is 5.04. The Kier molecular flexibility index (Phi) is 3.98. The minimum Gasteiger partial charge on any atom is -0.380 e. The third kappa shape index (κ3) is 3.12. The van der Waals surface area contributed by atoms with Gasteiger partial charge >= 0.3 is 0 Å². The van der Waals surface area contributed by atoms with E-state index in [0.717, 1.165) is 11.4 Å². The zero-order valence-corrected chi connectivity index (χ0v) is 11.8. The molecule has 2 heterocycles. The summed E-state index contributed by atoms with van der Waals surface area (Å²) in [5.41, 5.74) is 1.67. The fourth-order valence-electron chi connectivity index (χ4n) is 2.46. The van der Waals surface area contributed by atoms with E-state index in [1.807, 2.05) is 36.5 Å². The van der Waals surface area contributed by atoms with Gasteiger partial charge in [0.15, 0.2) is 0 Å². The molecule has 0 saturated carbocycles. The van der Waals surface area contributed by atoms with E-state index in [0.29, 0.717) is 13.0 Å². The number of amides is 1. The van der Waals surface area contributed by atoms with E-state index >= 15 is 0 Å². The number of nitrogens with one attached hydrogen (secondary N) is 2. The van der Waals surface area contributed by atoms with Crippen LogP contribution in [0.25, 0.3) is 5.69 Å². The smallest absolute Gasteiger partial charge is 0.241 e. The van der Waals surface area contributed by atoms with Crippen LogP contribution in [0, 0.1) is 0 Å². The standard InChI is InChI=1S/C15H18N4O2/c1-21-13-9-14(16-10-13)15(20)18-11-4-2-5-12(8-11)19-7-3-6-17-19/h2-8,13-14,16H,9-10H2,1H3,(H,18,20). The molecule has 1 aromatic heterocycles. The van der Waals surface area contributed by atoms with Crippen LogP contribution in [0.4, 0.5) is 5.69 Å². The Bertz CT molecular complexity index is 612. The average Bonchev–Trinajstić information content (AvgIpc) is 3.19. The molecule has 1 amide bonds. The van der Waals surface area contributed by atoms with Gasteiger partial charge in [-0.2, -0.15) is 5.10 Å². The summed E-state index contributed by atoms with van der Waals surface area (Å²) in [6.45, 7) is 0.710. The van der Waals surface area contributed by atoms with E-state index in [2.05, 4.69) is 15.7 Å². The summed E-state index contributed by atoms with van der Waals surface area (Å²) in [6.07, 6.45) is 4.39. The predicted molar refractivity (Wildman–Crippen MR) is 79.4 cm³/mol. The molecule has 0 aliphatic carbocycles. The molecule has 0 radical (unpaired) electrons. The summed E-state index contributed by atoms with van der Waals surface area (Å²) in [4.78, 5) is 12.2. The van der Waals surface area contributed by atoms with Crippen molar-refractivity contribution in [3.05, 3.63) is 42.7 Å². The Balaban J connectivity index is 1.68. The highest BCUT2D eigenvalue weighted by Crippen LogP contribution is 2.16. The SMILES string of the molecule is COC1CNC(C(=O)Nc2cccc(-n3cccn3)c2)C1. The van der Waals surface area contributed by atoms with Crippen molar-refractivity contribution in [3.8, 4) is 5.69 Å². The first-order valence-corrected chi connectivity index (χ1v) is 6.93. The van der Waals surface area contributed by atoms with Crippen LogP contribution in [0.2, 0.25) is 0 Å². The van der Waals surface area contributed by atoms with Crippen LogP contribution in [0.3, 0.4) is 0 Å². The van der Waals surface area contributed by atoms with Crippen molar-refractivity contribution in [1.29, 1.82) is 0 Å². The number of hydrogen-bond donors (Lipinski definition) is 2. The molecule has 1 fully saturated rings. The third-order valence-electron chi connectivity index (χ3n) is 3.62. The van der Waals surface area contributed by atoms with E-state index in [-0.39, 0.29) is 18.1 Å². The number of carbonyl (C=O) groups excluding carboxylic acids is 1. The van der Waals surface area contributed by atoms with Gasteiger partial charge in [-0.05, 0) is 30.7 Å². The first kappa shape index (κ1) is 13.8. The molecule has 6 heteroatoms. The Labute approximate surface area is 123 Å². The van der Waals surface area contributed by atoms with Gasteiger partial charge in [0.2, 0.25) is 5.91 Å². The number of carbonyl (C=O) groups is 1. The van der Waals surface area contributed by atoms with Crippen molar-refractivity contribution >= 4 is 11.6 Å². The van der Waals surface area contributed by atoms with Crippen molar-refractivity contribution < 1.29 is 9.53 Å². The molecule has 1 saturated heterocycles. The molecule has 1 aliphatic heterocycles. The Morgan fingerprint density at radius 1 is 1.48 bits per heavy atom. The Hall–Kier alpha value is -2.18. The van der Waals surface area contributed by atoms with E-state index in [9.17, 15) is 4.79 Å². The minimum atomic E-state index is -0.205. The van der Waals surface area contributed by atoms with Crippen molar-refractivity contribution in [3.63, 3.8) is 0 Å². The number of hydrogen-bond acceptors (Lipinski definition) is 4. The van der Waals surface area contributed by atoms with E-state index in [1.165, 1.54) is 0 Å². The molecule has 6 nitrogen and oxygen atoms in total. The van der Waals surface area contributed by atoms with Crippen LogP contribution in [0.5, 0.6) is 0 Å². The molecule has 2 N–H and O–H groups in total. The van der Waals surface area contributed by atoms with Gasteiger partial charge in [-0.1, -0.05) is 6.07 Å². The molecular formula is C15H18N4O2. The molecule has 2 unspecified atom stereocenters. The quantitative estimate of drug-likeness (QED) is 0.886. The molecule has 110 valence electrons. The topological polar surface area (TPSA) is 68.2 Å². The van der Waals surface area contributed by atoms with Crippen LogP contribution in [-0.2, 0) is 9.53 Å². The number of benzene rings is 1. The third-order valence-corrected chi connectivity index (χ3v) is 3.62. The Morgan fingerprint density at radius 3 is 3.10 bits per heavy atom. The summed E-state index contributed by atoms with van der Waals surface area (Å²) in [5.74, 6) is -0.0350. The van der Waals surface area contributed by atoms with Gasteiger partial charge in [-0.25, -0.2) is 4.68 Å². The fraction of sp³-hybridized carbons (Fsp3) is 0.333. The molecule has 2 aromatic rings. The van der Waals surface area contributed by atoms with Crippen molar-refractivity contribution in [2.75, 3.05) is 19.0 Å². The lowest BCUT2D eigenvalue weighted by Crippen LogP contribution is -2.35. The van der Waals surface area contributed by atoms with Gasteiger partial charge in [0.1, 0.15) is 0 Å². The molecular weight excluding hydrogens is 268 g/mol. The summed E-state index contributed by atoms with van der Waals surface area (Å²) < 4.78 is 7.01. The largest absolute Gasteiger partial charge is 0.380 e. The first-order valence-electron chi connectivity index (χ1n) is 6.93. The lowest BCUT2D eigenvalue weighted by atomic mass is 10.2. The fourth-order valence-corrected chi connectivity index (χ4v) is 2.46. The van der Waals surface area contributed by atoms with Crippen LogP contribution < -0.4 is 10.6 Å². The molecule has 2 atom stereocenters. The van der Waals surface area contributed by atoms with Crippen LogP contribution in [0.15, 0.2) is 42.7 Å². The number of methoxy groups -OCH3 is 1. The summed E-state index contributed by atoms with van der Waals surface area (Å²) in [6, 6.07) is 9.26. The van der Waals surface area contributed by atoms with E-state index in [1.54, 1.807) is 18.0 Å². The number of anilines is 1. The van der Waals surface area contributed by atoms with E-state index < -0.39 is 0 Å². The monoisotopic (exact) mass is 286 g/mol. The average molecular weight is 286 g/mol. The number of aromatic nitrogens is 2. The number of rotatable bonds is 4. The van der Waals surface area contributed by atoms with Crippen molar-refractivity contribution in [2.45, 2.75) is 18.6 Å². The molecule has 1 aromatic carbocycles. The molecule has 21 heavy (non-hydrogen) atoms. The second kappa shape index (κ2) is 6.07. The highest BCUT2D eigenvalue weighted by Gasteiger charge is 2.29. The molecule has 3 rings (SSSR count). The van der Waals surface area contributed by atoms with Crippen LogP contribution in [-0.4, -0.2) is 41.5 Å². The van der Waals surface area contributed by atoms with Gasteiger partial charge in [0, 0.05) is 31.7 Å². The maximum Gasteiger partial charge on any atom is 0.241 e. The van der Waals surface area contributed by atoms with E-state index in [4.69, 9.17) is 4.74 Å². The minimum absolute atomic E-state index is 0.0350. The molecule has 0 bridgehead atoms. The van der Waals surface area contributed by atoms with Gasteiger partial charge in [-0.3, -0.25) is 4.79 Å².